The Labute approximate surface area is 304 Å². The lowest BCUT2D eigenvalue weighted by molar-refractivity contribution is -0.314. The first-order chi connectivity index (χ1) is 24.6. The van der Waals surface area contributed by atoms with Gasteiger partial charge in [-0.25, -0.2) is 0 Å². The highest BCUT2D eigenvalue weighted by molar-refractivity contribution is 5.99. The van der Waals surface area contributed by atoms with Crippen LogP contribution in [0.4, 0.5) is 0 Å². The number of hydrogen-bond acceptors (Lipinski definition) is 11. The largest absolute Gasteiger partial charge is 0.462 e. The van der Waals surface area contributed by atoms with E-state index in [1.165, 1.54) is 0 Å². The molecule has 0 unspecified atom stereocenters. The summed E-state index contributed by atoms with van der Waals surface area (Å²) in [6.07, 6.45) is 10.8. The molecule has 51 heavy (non-hydrogen) atoms. The molecule has 3 aliphatic heterocycles. The fourth-order valence-electron chi connectivity index (χ4n) is 10.1. The fraction of sp³-hybridized carbons (Fsp3) is 0.850. The summed E-state index contributed by atoms with van der Waals surface area (Å²) in [4.78, 5) is 28.1. The van der Waals surface area contributed by atoms with Gasteiger partial charge in [-0.1, -0.05) is 32.1 Å². The van der Waals surface area contributed by atoms with Gasteiger partial charge in [0.1, 0.15) is 24.4 Å². The molecular formula is C40H63NO10. The number of ketones is 1. The van der Waals surface area contributed by atoms with E-state index in [0.29, 0.717) is 12.3 Å². The van der Waals surface area contributed by atoms with Crippen LogP contribution in [-0.2, 0) is 47.5 Å². The van der Waals surface area contributed by atoms with Gasteiger partial charge in [0, 0.05) is 39.2 Å². The molecule has 1 N–H and O–H groups in total. The number of methoxy groups -OCH3 is 3. The summed E-state index contributed by atoms with van der Waals surface area (Å²) in [5, 5.41) is 3.34. The minimum atomic E-state index is -0.593. The van der Waals surface area contributed by atoms with Crippen molar-refractivity contribution in [3.8, 4) is 0 Å². The van der Waals surface area contributed by atoms with Crippen LogP contribution in [0.1, 0.15) is 85.5 Å². The molecule has 3 saturated heterocycles. The third-order valence-electron chi connectivity index (χ3n) is 13.0. The van der Waals surface area contributed by atoms with Crippen molar-refractivity contribution >= 4 is 11.8 Å². The molecule has 0 aromatic rings. The minimum Gasteiger partial charge on any atom is -0.462 e. The minimum absolute atomic E-state index is 0.0241. The number of allylic oxidation sites excluding steroid dienone is 4. The first kappa shape index (κ1) is 39.0. The molecule has 0 aromatic carbocycles. The number of likely N-dealkylation sites (N-methyl/N-ethyl adjacent to an activating group) is 1. The van der Waals surface area contributed by atoms with E-state index in [9.17, 15) is 9.59 Å². The van der Waals surface area contributed by atoms with Crippen LogP contribution in [0.3, 0.4) is 0 Å². The Morgan fingerprint density at radius 1 is 0.843 bits per heavy atom. The second-order valence-electron chi connectivity index (χ2n) is 15.9. The number of Topliss-reactive ketones (excluding diaryl/α,β-unsaturated/α-hetero) is 1. The standard InChI is InChI=1S/C40H63NO10/c1-9-25-11-10-12-33(51-35-16-15-32(41-5)22(3)47-35)21(2)36(43)31-19-29-27(30(31)20-34(42)49-25)14-13-24-17-26(18-28(24)29)50-40-39(46-8)38(45-7)37(44-6)23(4)48-40/h13-14,19,21-30,32-33,35,37-41H,9-12,15-18,20H2,1-8H3/t21-,22-,23+,24+,25+,26+,27-,28-,29-,30+,32+,33+,35+,37+,38-,39-,40+/m1/s1. The van der Waals surface area contributed by atoms with Crippen molar-refractivity contribution in [3.63, 3.8) is 0 Å². The number of fused-ring (bicyclic) bond motifs is 5. The third-order valence-corrected chi connectivity index (χ3v) is 13.0. The van der Waals surface area contributed by atoms with Gasteiger partial charge < -0.3 is 43.2 Å². The Bertz CT molecular complexity index is 1260. The quantitative estimate of drug-likeness (QED) is 0.252. The lowest BCUT2D eigenvalue weighted by atomic mass is 9.70. The maximum Gasteiger partial charge on any atom is 0.306 e. The molecule has 4 fully saturated rings. The van der Waals surface area contributed by atoms with Gasteiger partial charge in [-0.3, -0.25) is 9.59 Å². The highest BCUT2D eigenvalue weighted by Gasteiger charge is 2.52. The molecule has 0 aromatic heterocycles. The molecule has 11 nitrogen and oxygen atoms in total. The summed E-state index contributed by atoms with van der Waals surface area (Å²) in [5.41, 5.74) is 0.761. The Morgan fingerprint density at radius 2 is 1.61 bits per heavy atom. The number of cyclic esters (lactones) is 1. The Kier molecular flexibility index (Phi) is 13.1. The Balaban J connectivity index is 1.21. The van der Waals surface area contributed by atoms with Crippen molar-refractivity contribution in [1.29, 1.82) is 0 Å². The SMILES string of the molecule is CC[C@H]1CCC[C@H](O[C@H]2CC[C@H](NC)[C@@H](C)O2)[C@@H](C)C(=O)C2=C[C@@H]3[C@@H](C=C[C@H]4C[C@H](O[C@@H]5O[C@@H](C)[C@H](OC)[C@@H](OC)[C@H]5OC)C[C@@H]34)[C@@H]2CC(=O)O1. The topological polar surface area (TPSA) is 120 Å². The smallest absolute Gasteiger partial charge is 0.306 e. The summed E-state index contributed by atoms with van der Waals surface area (Å²) < 4.78 is 49.4. The third kappa shape index (κ3) is 8.21. The zero-order chi connectivity index (χ0) is 36.4. The van der Waals surface area contributed by atoms with Crippen LogP contribution in [0.25, 0.3) is 0 Å². The summed E-state index contributed by atoms with van der Waals surface area (Å²) in [7, 11) is 6.93. The Hall–Kier alpha value is -1.70. The van der Waals surface area contributed by atoms with Crippen molar-refractivity contribution in [1.82, 2.24) is 5.32 Å². The van der Waals surface area contributed by atoms with Crippen LogP contribution in [0.2, 0.25) is 0 Å². The molecule has 0 radical (unpaired) electrons. The van der Waals surface area contributed by atoms with Crippen LogP contribution in [0, 0.1) is 35.5 Å². The van der Waals surface area contributed by atoms with E-state index in [0.717, 1.165) is 50.5 Å². The van der Waals surface area contributed by atoms with Crippen LogP contribution in [-0.4, -0.2) is 108 Å². The zero-order valence-electron chi connectivity index (χ0n) is 32.0. The van der Waals surface area contributed by atoms with Crippen LogP contribution in [0.5, 0.6) is 0 Å². The lowest BCUT2D eigenvalue weighted by Crippen LogP contribution is -2.59. The summed E-state index contributed by atoms with van der Waals surface area (Å²) in [5.74, 6) is 0.0185. The van der Waals surface area contributed by atoms with Crippen molar-refractivity contribution < 1.29 is 47.5 Å². The highest BCUT2D eigenvalue weighted by atomic mass is 16.7. The molecule has 288 valence electrons. The zero-order valence-corrected chi connectivity index (χ0v) is 32.0. The fourth-order valence-corrected chi connectivity index (χ4v) is 10.1. The molecule has 0 spiro atoms. The molecule has 1 saturated carbocycles. The molecule has 6 rings (SSSR count). The van der Waals surface area contributed by atoms with Gasteiger partial charge >= 0.3 is 5.97 Å². The van der Waals surface area contributed by atoms with E-state index >= 15 is 0 Å². The van der Waals surface area contributed by atoms with Crippen molar-refractivity contribution in [2.24, 2.45) is 35.5 Å². The van der Waals surface area contributed by atoms with Gasteiger partial charge in [0.05, 0.1) is 30.8 Å². The van der Waals surface area contributed by atoms with Gasteiger partial charge in [0.15, 0.2) is 18.4 Å². The predicted octanol–water partition coefficient (Wildman–Crippen LogP) is 5.15. The maximum atomic E-state index is 14.6. The van der Waals surface area contributed by atoms with Crippen molar-refractivity contribution in [3.05, 3.63) is 23.8 Å². The average Bonchev–Trinajstić information content (AvgIpc) is 3.70. The van der Waals surface area contributed by atoms with E-state index in [2.05, 4.69) is 37.4 Å². The molecular weight excluding hydrogens is 654 g/mol. The summed E-state index contributed by atoms with van der Waals surface area (Å²) >= 11 is 0. The van der Waals surface area contributed by atoms with Gasteiger partial charge in [-0.15, -0.1) is 0 Å². The molecule has 3 heterocycles. The summed E-state index contributed by atoms with van der Waals surface area (Å²) in [6.45, 7) is 8.12. The number of nitrogens with one attached hydrogen (secondary N) is 1. The molecule has 3 aliphatic carbocycles. The number of rotatable bonds is 9. The van der Waals surface area contributed by atoms with Crippen LogP contribution >= 0.6 is 0 Å². The number of esters is 1. The average molecular weight is 718 g/mol. The van der Waals surface area contributed by atoms with E-state index in [1.807, 2.05) is 20.9 Å². The number of ether oxygens (including phenoxy) is 8. The van der Waals surface area contributed by atoms with Gasteiger partial charge in [0.25, 0.3) is 0 Å². The van der Waals surface area contributed by atoms with E-state index in [4.69, 9.17) is 37.9 Å². The second kappa shape index (κ2) is 17.2. The van der Waals surface area contributed by atoms with Crippen molar-refractivity contribution in [2.45, 2.75) is 153 Å². The monoisotopic (exact) mass is 717 g/mol. The first-order valence-electron chi connectivity index (χ1n) is 19.6. The second-order valence-corrected chi connectivity index (χ2v) is 15.9. The number of hydrogen-bond donors (Lipinski definition) is 1. The van der Waals surface area contributed by atoms with Crippen LogP contribution < -0.4 is 5.32 Å². The predicted molar refractivity (Wildman–Crippen MR) is 190 cm³/mol. The van der Waals surface area contributed by atoms with Gasteiger partial charge in [-0.2, -0.15) is 0 Å². The number of carbonyl (C=O) groups is 2. The summed E-state index contributed by atoms with van der Waals surface area (Å²) in [6, 6.07) is 0.288. The Morgan fingerprint density at radius 3 is 2.29 bits per heavy atom. The van der Waals surface area contributed by atoms with Gasteiger partial charge in [0.2, 0.25) is 0 Å². The molecule has 0 bridgehead atoms. The van der Waals surface area contributed by atoms with Crippen molar-refractivity contribution in [2.75, 3.05) is 28.4 Å². The lowest BCUT2D eigenvalue weighted by Gasteiger charge is -2.44. The first-order valence-corrected chi connectivity index (χ1v) is 19.6. The molecule has 6 aliphatic rings. The number of carbonyl (C=O) groups excluding carboxylic acids is 2. The molecule has 11 heteroatoms. The van der Waals surface area contributed by atoms with E-state index in [1.54, 1.807) is 21.3 Å². The van der Waals surface area contributed by atoms with E-state index < -0.39 is 12.4 Å². The highest BCUT2D eigenvalue weighted by Crippen LogP contribution is 2.54. The normalized spacial score (nSPS) is 46.3. The maximum absolute atomic E-state index is 14.6. The van der Waals surface area contributed by atoms with Gasteiger partial charge in [-0.05, 0) is 102 Å². The van der Waals surface area contributed by atoms with E-state index in [-0.39, 0.29) is 103 Å². The van der Waals surface area contributed by atoms with Crippen LogP contribution in [0.15, 0.2) is 23.8 Å². The molecule has 17 atom stereocenters. The molecule has 0 amide bonds.